The van der Waals surface area contributed by atoms with Crippen molar-refractivity contribution in [1.82, 2.24) is 19.5 Å². The fourth-order valence-electron chi connectivity index (χ4n) is 6.67. The highest BCUT2D eigenvalue weighted by molar-refractivity contribution is 6.27. The van der Waals surface area contributed by atoms with Gasteiger partial charge in [0.05, 0.1) is 11.0 Å². The van der Waals surface area contributed by atoms with Crippen molar-refractivity contribution < 1.29 is 8.83 Å². The van der Waals surface area contributed by atoms with Gasteiger partial charge in [-0.25, -0.2) is 4.98 Å². The second kappa shape index (κ2) is 9.11. The van der Waals surface area contributed by atoms with Crippen LogP contribution in [0.3, 0.4) is 0 Å². The zero-order valence-corrected chi connectivity index (χ0v) is 23.8. The van der Waals surface area contributed by atoms with Gasteiger partial charge >= 0.3 is 0 Å². The fraction of sp³-hybridized carbons (Fsp3) is 0. The van der Waals surface area contributed by atoms with Crippen molar-refractivity contribution >= 4 is 65.7 Å². The van der Waals surface area contributed by atoms with E-state index in [2.05, 4.69) is 65.2 Å². The lowest BCUT2D eigenvalue weighted by molar-refractivity contribution is 0.668. The number of nitrogens with zero attached hydrogens (tertiary/aromatic N) is 4. The van der Waals surface area contributed by atoms with Crippen LogP contribution < -0.4 is 0 Å². The van der Waals surface area contributed by atoms with E-state index in [9.17, 15) is 0 Å². The van der Waals surface area contributed by atoms with E-state index in [1.807, 2.05) is 72.8 Å². The number of furan rings is 2. The Hall–Kier alpha value is -6.27. The molecular weight excluding hydrogens is 556 g/mol. The molecule has 6 aromatic carbocycles. The van der Waals surface area contributed by atoms with Crippen molar-refractivity contribution in [2.75, 3.05) is 0 Å². The van der Waals surface area contributed by atoms with Crippen LogP contribution in [0.25, 0.3) is 94.4 Å². The predicted molar refractivity (Wildman–Crippen MR) is 180 cm³/mol. The molecule has 6 nitrogen and oxygen atoms in total. The zero-order valence-electron chi connectivity index (χ0n) is 23.8. The van der Waals surface area contributed by atoms with Crippen LogP contribution in [0.5, 0.6) is 0 Å². The van der Waals surface area contributed by atoms with Crippen LogP contribution >= 0.6 is 0 Å². The van der Waals surface area contributed by atoms with Crippen LogP contribution in [0.1, 0.15) is 0 Å². The first kappa shape index (κ1) is 24.2. The fourth-order valence-corrected chi connectivity index (χ4v) is 6.67. The van der Waals surface area contributed by atoms with Crippen LogP contribution in [0.15, 0.2) is 142 Å². The molecule has 0 amide bonds. The maximum Gasteiger partial charge on any atom is 0.238 e. The summed E-state index contributed by atoms with van der Waals surface area (Å²) in [6.07, 6.45) is 0. The van der Waals surface area contributed by atoms with Crippen molar-refractivity contribution in [3.05, 3.63) is 133 Å². The summed E-state index contributed by atoms with van der Waals surface area (Å²) >= 11 is 0. The van der Waals surface area contributed by atoms with Crippen molar-refractivity contribution in [2.24, 2.45) is 0 Å². The number of para-hydroxylation sites is 3. The van der Waals surface area contributed by atoms with E-state index in [1.54, 1.807) is 0 Å². The van der Waals surface area contributed by atoms with Crippen molar-refractivity contribution in [3.63, 3.8) is 0 Å². The molecule has 0 saturated carbocycles. The van der Waals surface area contributed by atoms with Gasteiger partial charge in [0.25, 0.3) is 0 Å². The lowest BCUT2D eigenvalue weighted by Gasteiger charge is -2.11. The molecule has 4 heterocycles. The molecule has 0 unspecified atom stereocenters. The molecule has 0 aliphatic heterocycles. The summed E-state index contributed by atoms with van der Waals surface area (Å²) in [5.41, 5.74) is 7.15. The normalized spacial score (nSPS) is 12.0. The molecule has 45 heavy (non-hydrogen) atoms. The van der Waals surface area contributed by atoms with E-state index in [-0.39, 0.29) is 0 Å². The number of benzene rings is 6. The average molecular weight is 579 g/mol. The van der Waals surface area contributed by atoms with Gasteiger partial charge < -0.3 is 8.83 Å². The van der Waals surface area contributed by atoms with Crippen molar-refractivity contribution in [2.45, 2.75) is 0 Å². The third kappa shape index (κ3) is 3.53. The first-order valence-electron chi connectivity index (χ1n) is 14.9. The van der Waals surface area contributed by atoms with Gasteiger partial charge in [0, 0.05) is 43.4 Å². The lowest BCUT2D eigenvalue weighted by atomic mass is 10.1. The van der Waals surface area contributed by atoms with Crippen molar-refractivity contribution in [3.8, 4) is 28.7 Å². The van der Waals surface area contributed by atoms with Gasteiger partial charge in [-0.05, 0) is 42.5 Å². The van der Waals surface area contributed by atoms with Gasteiger partial charge in [0.15, 0.2) is 11.6 Å². The molecule has 0 fully saturated rings. The van der Waals surface area contributed by atoms with Crippen LogP contribution in [0.4, 0.5) is 0 Å². The highest BCUT2D eigenvalue weighted by Gasteiger charge is 2.21. The SMILES string of the molecule is c1ccc(-c2nc(-c3ccc4c(c3)oc3ccccc34)nc(-n3c4ccccc4c4c5c(ccc43)oc3ccccc35)n2)cc1. The second-order valence-corrected chi connectivity index (χ2v) is 11.2. The summed E-state index contributed by atoms with van der Waals surface area (Å²) < 4.78 is 14.6. The molecule has 10 rings (SSSR count). The molecule has 0 saturated heterocycles. The summed E-state index contributed by atoms with van der Waals surface area (Å²) in [6.45, 7) is 0. The van der Waals surface area contributed by atoms with Crippen LogP contribution in [-0.2, 0) is 0 Å². The number of hydrogen-bond acceptors (Lipinski definition) is 5. The zero-order chi connectivity index (χ0) is 29.5. The van der Waals surface area contributed by atoms with E-state index >= 15 is 0 Å². The minimum absolute atomic E-state index is 0.543. The molecule has 6 heteroatoms. The first-order chi connectivity index (χ1) is 22.3. The molecule has 4 aromatic heterocycles. The van der Waals surface area contributed by atoms with E-state index < -0.39 is 0 Å². The van der Waals surface area contributed by atoms with E-state index in [0.29, 0.717) is 17.6 Å². The topological polar surface area (TPSA) is 69.9 Å². The minimum atomic E-state index is 0.543. The van der Waals surface area contributed by atoms with E-state index in [0.717, 1.165) is 76.8 Å². The Labute approximate surface area is 255 Å². The molecule has 0 radical (unpaired) electrons. The molecular formula is C39H22N4O2. The maximum absolute atomic E-state index is 6.28. The molecule has 10 aromatic rings. The van der Waals surface area contributed by atoms with Gasteiger partial charge in [0.1, 0.15) is 22.3 Å². The number of aromatic nitrogens is 4. The Morgan fingerprint density at radius 3 is 1.89 bits per heavy atom. The average Bonchev–Trinajstić information content (AvgIpc) is 3.77. The predicted octanol–water partition coefficient (Wildman–Crippen LogP) is 10.1. The summed E-state index contributed by atoms with van der Waals surface area (Å²) in [5, 5.41) is 6.54. The summed E-state index contributed by atoms with van der Waals surface area (Å²) in [5.74, 6) is 1.71. The third-order valence-corrected chi connectivity index (χ3v) is 8.67. The smallest absolute Gasteiger partial charge is 0.238 e. The number of fused-ring (bicyclic) bond motifs is 10. The van der Waals surface area contributed by atoms with Crippen molar-refractivity contribution in [1.29, 1.82) is 0 Å². The van der Waals surface area contributed by atoms with Gasteiger partial charge in [-0.15, -0.1) is 0 Å². The quantitative estimate of drug-likeness (QED) is 0.209. The van der Waals surface area contributed by atoms with Crippen LogP contribution in [0.2, 0.25) is 0 Å². The second-order valence-electron chi connectivity index (χ2n) is 11.2. The molecule has 0 bridgehead atoms. The molecule has 0 N–H and O–H groups in total. The first-order valence-corrected chi connectivity index (χ1v) is 14.9. The highest BCUT2D eigenvalue weighted by Crippen LogP contribution is 2.41. The molecule has 0 spiro atoms. The molecule has 0 aliphatic carbocycles. The van der Waals surface area contributed by atoms with E-state index in [4.69, 9.17) is 23.8 Å². The standard InChI is InChI=1S/C39H22N4O2/c1-2-10-23(11-3-1)37-40-38(24-18-19-26-25-12-5-8-16-31(25)45-34(26)22-24)42-39(41-37)43-29-15-7-4-13-27(29)35-30(43)20-21-33-36(35)28-14-6-9-17-32(28)44-33/h1-22H. The number of hydrogen-bond donors (Lipinski definition) is 0. The highest BCUT2D eigenvalue weighted by atomic mass is 16.3. The Morgan fingerprint density at radius 2 is 1.04 bits per heavy atom. The summed E-state index contributed by atoms with van der Waals surface area (Å²) in [6, 6.07) is 45.1. The monoisotopic (exact) mass is 578 g/mol. The van der Waals surface area contributed by atoms with Gasteiger partial charge in [-0.2, -0.15) is 9.97 Å². The van der Waals surface area contributed by atoms with Gasteiger partial charge in [-0.3, -0.25) is 4.57 Å². The minimum Gasteiger partial charge on any atom is -0.456 e. The van der Waals surface area contributed by atoms with Gasteiger partial charge in [0.2, 0.25) is 5.95 Å². The van der Waals surface area contributed by atoms with E-state index in [1.165, 1.54) is 0 Å². The lowest BCUT2D eigenvalue weighted by Crippen LogP contribution is -2.06. The Kier molecular flexibility index (Phi) is 4.90. The summed E-state index contributed by atoms with van der Waals surface area (Å²) in [4.78, 5) is 15.2. The van der Waals surface area contributed by atoms with Crippen LogP contribution in [0, 0.1) is 0 Å². The number of rotatable bonds is 3. The van der Waals surface area contributed by atoms with Crippen LogP contribution in [-0.4, -0.2) is 19.5 Å². The molecule has 210 valence electrons. The van der Waals surface area contributed by atoms with Gasteiger partial charge in [-0.1, -0.05) is 91.0 Å². The Morgan fingerprint density at radius 1 is 0.400 bits per heavy atom. The summed E-state index contributed by atoms with van der Waals surface area (Å²) in [7, 11) is 0. The Balaban J connectivity index is 1.28. The maximum atomic E-state index is 6.28. The molecule has 0 aliphatic rings. The molecule has 0 atom stereocenters. The largest absolute Gasteiger partial charge is 0.456 e. The third-order valence-electron chi connectivity index (χ3n) is 8.67. The Bertz CT molecular complexity index is 2770.